The Morgan fingerprint density at radius 2 is 2.23 bits per heavy atom. The van der Waals surface area contributed by atoms with Gasteiger partial charge in [0.15, 0.2) is 5.65 Å². The molecule has 8 nitrogen and oxygen atoms in total. The van der Waals surface area contributed by atoms with Crippen molar-refractivity contribution in [2.24, 2.45) is 0 Å². The highest BCUT2D eigenvalue weighted by atomic mass is 16.5. The Morgan fingerprint density at radius 3 is 3.06 bits per heavy atom. The number of amides is 1. The Hall–Kier alpha value is -3.13. The Labute approximate surface area is 181 Å². The van der Waals surface area contributed by atoms with Crippen LogP contribution < -0.4 is 14.8 Å². The van der Waals surface area contributed by atoms with Crippen LogP contribution in [0.5, 0.6) is 11.5 Å². The summed E-state index contributed by atoms with van der Waals surface area (Å²) in [4.78, 5) is 19.7. The number of ether oxygens (including phenoxy) is 2. The first-order chi connectivity index (χ1) is 14.9. The average molecular weight is 422 g/mol. The van der Waals surface area contributed by atoms with Crippen LogP contribution >= 0.6 is 0 Å². The number of carbonyl (C=O) groups is 1. The van der Waals surface area contributed by atoms with Gasteiger partial charge >= 0.3 is 0 Å². The van der Waals surface area contributed by atoms with Crippen LogP contribution in [0.25, 0.3) is 5.65 Å². The highest BCUT2D eigenvalue weighted by Crippen LogP contribution is 2.42. The number of likely N-dealkylation sites (tertiary alicyclic amines) is 1. The zero-order valence-corrected chi connectivity index (χ0v) is 18.1. The van der Waals surface area contributed by atoms with Crippen molar-refractivity contribution in [2.45, 2.75) is 44.8 Å². The molecule has 162 valence electrons. The number of benzene rings is 1. The van der Waals surface area contributed by atoms with Gasteiger partial charge in [0.1, 0.15) is 28.8 Å². The molecule has 2 aromatic heterocycles. The summed E-state index contributed by atoms with van der Waals surface area (Å²) in [5.74, 6) is 1.19. The molecule has 1 unspecified atom stereocenters. The van der Waals surface area contributed by atoms with Crippen molar-refractivity contribution in [3.63, 3.8) is 0 Å². The van der Waals surface area contributed by atoms with Crippen molar-refractivity contribution in [3.8, 4) is 11.5 Å². The summed E-state index contributed by atoms with van der Waals surface area (Å²) in [5, 5.41) is 7.26. The van der Waals surface area contributed by atoms with Crippen molar-refractivity contribution in [1.82, 2.24) is 19.5 Å². The van der Waals surface area contributed by atoms with E-state index in [1.165, 1.54) is 6.20 Å². The Morgan fingerprint density at radius 1 is 1.35 bits per heavy atom. The summed E-state index contributed by atoms with van der Waals surface area (Å²) in [6.07, 6.45) is 7.87. The molecular weight excluding hydrogens is 394 g/mol. The molecule has 2 aliphatic rings. The topological polar surface area (TPSA) is 81.0 Å². The quantitative estimate of drug-likeness (QED) is 0.697. The predicted octanol–water partition coefficient (Wildman–Crippen LogP) is 3.17. The number of piperidine rings is 1. The first-order valence-corrected chi connectivity index (χ1v) is 10.7. The van der Waals surface area contributed by atoms with Gasteiger partial charge in [-0.2, -0.15) is 5.10 Å². The molecule has 31 heavy (non-hydrogen) atoms. The van der Waals surface area contributed by atoms with Crippen LogP contribution in [0.1, 0.15) is 42.6 Å². The molecule has 3 aromatic rings. The molecule has 1 N–H and O–H groups in total. The number of nitrogens with one attached hydrogen (secondary N) is 1. The van der Waals surface area contributed by atoms with Gasteiger partial charge < -0.3 is 19.7 Å². The minimum absolute atomic E-state index is 0.0699. The standard InChI is InChI=1S/C23H27N5O3/c1-23(2)12-15-10-18(26-22(29)17-13-25-28-9-5-7-24-21(17)28)20(11-19(15)31-23)30-16-6-4-8-27(3)14-16/h5,7,9-11,13,16H,4,6,8,12,14H2,1-3H3,(H,26,29). The van der Waals surface area contributed by atoms with Gasteiger partial charge in [-0.05, 0) is 52.4 Å². The lowest BCUT2D eigenvalue weighted by Crippen LogP contribution is -2.38. The van der Waals surface area contributed by atoms with Crippen molar-refractivity contribution >= 4 is 17.2 Å². The highest BCUT2D eigenvalue weighted by Gasteiger charge is 2.32. The molecule has 0 saturated carbocycles. The normalized spacial score (nSPS) is 20.3. The van der Waals surface area contributed by atoms with Crippen molar-refractivity contribution in [3.05, 3.63) is 47.9 Å². The number of aromatic nitrogens is 3. The molecule has 1 fully saturated rings. The molecular formula is C23H27N5O3. The van der Waals surface area contributed by atoms with Gasteiger partial charge in [0, 0.05) is 37.0 Å². The first-order valence-electron chi connectivity index (χ1n) is 10.7. The fourth-order valence-electron chi connectivity index (χ4n) is 4.40. The third-order valence-electron chi connectivity index (χ3n) is 5.81. The third kappa shape index (κ3) is 3.95. The summed E-state index contributed by atoms with van der Waals surface area (Å²) in [6, 6.07) is 5.67. The van der Waals surface area contributed by atoms with E-state index < -0.39 is 0 Å². The summed E-state index contributed by atoms with van der Waals surface area (Å²) in [5.41, 5.74) is 2.36. The van der Waals surface area contributed by atoms with Crippen LogP contribution in [0.3, 0.4) is 0 Å². The fourth-order valence-corrected chi connectivity index (χ4v) is 4.40. The van der Waals surface area contributed by atoms with E-state index in [-0.39, 0.29) is 17.6 Å². The van der Waals surface area contributed by atoms with Crippen LogP contribution in [0.15, 0.2) is 36.8 Å². The van der Waals surface area contributed by atoms with E-state index in [0.717, 1.165) is 43.7 Å². The molecule has 0 bridgehead atoms. The molecule has 4 heterocycles. The molecule has 1 aromatic carbocycles. The van der Waals surface area contributed by atoms with E-state index >= 15 is 0 Å². The van der Waals surface area contributed by atoms with Crippen molar-refractivity contribution < 1.29 is 14.3 Å². The zero-order valence-electron chi connectivity index (χ0n) is 18.1. The van der Waals surface area contributed by atoms with Gasteiger partial charge in [-0.1, -0.05) is 0 Å². The Bertz CT molecular complexity index is 1140. The smallest absolute Gasteiger partial charge is 0.261 e. The van der Waals surface area contributed by atoms with Crippen LogP contribution in [0.4, 0.5) is 5.69 Å². The van der Waals surface area contributed by atoms with Crippen LogP contribution in [-0.2, 0) is 6.42 Å². The second-order valence-corrected chi connectivity index (χ2v) is 9.04. The van der Waals surface area contributed by atoms with E-state index in [4.69, 9.17) is 9.47 Å². The number of nitrogens with zero attached hydrogens (tertiary/aromatic N) is 4. The number of rotatable bonds is 4. The van der Waals surface area contributed by atoms with E-state index in [2.05, 4.69) is 41.2 Å². The molecule has 0 radical (unpaired) electrons. The van der Waals surface area contributed by atoms with Gasteiger partial charge in [0.25, 0.3) is 5.91 Å². The number of anilines is 1. The fraction of sp³-hybridized carbons (Fsp3) is 0.435. The summed E-state index contributed by atoms with van der Waals surface area (Å²) < 4.78 is 14.1. The van der Waals surface area contributed by atoms with Gasteiger partial charge in [-0.25, -0.2) is 9.50 Å². The predicted molar refractivity (Wildman–Crippen MR) is 117 cm³/mol. The van der Waals surface area contributed by atoms with E-state index in [1.54, 1.807) is 23.0 Å². The van der Waals surface area contributed by atoms with E-state index in [1.807, 2.05) is 12.1 Å². The monoisotopic (exact) mass is 421 g/mol. The molecule has 2 aliphatic heterocycles. The Balaban J connectivity index is 1.47. The summed E-state index contributed by atoms with van der Waals surface area (Å²) >= 11 is 0. The summed E-state index contributed by atoms with van der Waals surface area (Å²) in [6.45, 7) is 6.06. The van der Waals surface area contributed by atoms with Gasteiger partial charge in [0.05, 0.1) is 11.9 Å². The maximum Gasteiger partial charge on any atom is 0.261 e. The second kappa shape index (κ2) is 7.53. The number of carbonyl (C=O) groups excluding carboxylic acids is 1. The van der Waals surface area contributed by atoms with Gasteiger partial charge in [-0.15, -0.1) is 0 Å². The lowest BCUT2D eigenvalue weighted by molar-refractivity contribution is 0.100. The molecule has 1 atom stereocenters. The second-order valence-electron chi connectivity index (χ2n) is 9.04. The van der Waals surface area contributed by atoms with Gasteiger partial charge in [0.2, 0.25) is 0 Å². The minimum Gasteiger partial charge on any atom is -0.487 e. The van der Waals surface area contributed by atoms with Crippen LogP contribution in [0.2, 0.25) is 0 Å². The largest absolute Gasteiger partial charge is 0.487 e. The Kier molecular flexibility index (Phi) is 4.81. The number of hydrogen-bond donors (Lipinski definition) is 1. The van der Waals surface area contributed by atoms with Crippen molar-refractivity contribution in [1.29, 1.82) is 0 Å². The molecule has 1 saturated heterocycles. The van der Waals surface area contributed by atoms with Gasteiger partial charge in [-0.3, -0.25) is 4.79 Å². The lowest BCUT2D eigenvalue weighted by atomic mass is 10.0. The first kappa shape index (κ1) is 19.8. The summed E-state index contributed by atoms with van der Waals surface area (Å²) in [7, 11) is 2.10. The number of fused-ring (bicyclic) bond motifs is 2. The minimum atomic E-state index is -0.278. The van der Waals surface area contributed by atoms with Crippen LogP contribution in [0, 0.1) is 0 Å². The maximum absolute atomic E-state index is 13.1. The molecule has 8 heteroatoms. The molecule has 0 aliphatic carbocycles. The zero-order chi connectivity index (χ0) is 21.6. The lowest BCUT2D eigenvalue weighted by Gasteiger charge is -2.30. The van der Waals surface area contributed by atoms with E-state index in [9.17, 15) is 4.79 Å². The number of hydrogen-bond acceptors (Lipinski definition) is 6. The number of likely N-dealkylation sites (N-methyl/N-ethyl adjacent to an activating group) is 1. The SMILES string of the molecule is CN1CCCC(Oc2cc3c(cc2NC(=O)c2cnn4cccnc24)CC(C)(C)O3)C1. The van der Waals surface area contributed by atoms with Crippen LogP contribution in [-0.4, -0.2) is 57.2 Å². The highest BCUT2D eigenvalue weighted by molar-refractivity contribution is 6.08. The molecule has 0 spiro atoms. The molecule has 1 amide bonds. The molecule has 5 rings (SSSR count). The third-order valence-corrected chi connectivity index (χ3v) is 5.81. The van der Waals surface area contributed by atoms with E-state index in [0.29, 0.717) is 22.6 Å². The average Bonchev–Trinajstić information content (AvgIpc) is 3.27. The maximum atomic E-state index is 13.1. The van der Waals surface area contributed by atoms with Crippen molar-refractivity contribution in [2.75, 3.05) is 25.5 Å².